The number of aliphatic carboxylic acids is 1. The van der Waals surface area contributed by atoms with Gasteiger partial charge < -0.3 is 5.11 Å². The number of carboxylic acid groups (broad SMARTS) is 1. The fourth-order valence-electron chi connectivity index (χ4n) is 1.63. The summed E-state index contributed by atoms with van der Waals surface area (Å²) in [5.41, 5.74) is 6.43. The molecule has 0 spiro atoms. The number of hydrazine groups is 1. The van der Waals surface area contributed by atoms with Gasteiger partial charge in [0.25, 0.3) is 0 Å². The van der Waals surface area contributed by atoms with E-state index in [1.807, 2.05) is 0 Å². The predicted molar refractivity (Wildman–Crippen MR) is 51.5 cm³/mol. The van der Waals surface area contributed by atoms with Crippen LogP contribution in [-0.4, -0.2) is 17.1 Å². The maximum absolute atomic E-state index is 12.6. The normalized spacial score (nSPS) is 25.4. The summed E-state index contributed by atoms with van der Waals surface area (Å²) in [5, 5.41) is 8.76. The standard InChI is InChI=1S/C10H11FN2O2/c11-7-3-1-6(2-4-7)8-5-9(10(14)15)13-12-8/h1-4,8-9,12-13H,5H2,(H,14,15). The smallest absolute Gasteiger partial charge is 0.322 e. The van der Waals surface area contributed by atoms with Gasteiger partial charge in [-0.15, -0.1) is 0 Å². The van der Waals surface area contributed by atoms with E-state index in [2.05, 4.69) is 10.9 Å². The van der Waals surface area contributed by atoms with Crippen molar-refractivity contribution >= 4 is 5.97 Å². The Bertz CT molecular complexity index is 366. The largest absolute Gasteiger partial charge is 0.480 e. The van der Waals surface area contributed by atoms with E-state index in [9.17, 15) is 9.18 Å². The van der Waals surface area contributed by atoms with Gasteiger partial charge in [-0.05, 0) is 24.1 Å². The Hall–Kier alpha value is -1.46. The first-order chi connectivity index (χ1) is 7.16. The Morgan fingerprint density at radius 3 is 2.53 bits per heavy atom. The van der Waals surface area contributed by atoms with E-state index in [0.717, 1.165) is 5.56 Å². The second-order valence-electron chi connectivity index (χ2n) is 3.52. The van der Waals surface area contributed by atoms with E-state index in [0.29, 0.717) is 6.42 Å². The monoisotopic (exact) mass is 210 g/mol. The molecule has 0 radical (unpaired) electrons. The molecule has 1 heterocycles. The van der Waals surface area contributed by atoms with Crippen LogP contribution in [0, 0.1) is 5.82 Å². The molecule has 80 valence electrons. The lowest BCUT2D eigenvalue weighted by Gasteiger charge is -2.08. The van der Waals surface area contributed by atoms with E-state index < -0.39 is 12.0 Å². The molecule has 5 heteroatoms. The van der Waals surface area contributed by atoms with Crippen molar-refractivity contribution in [3.63, 3.8) is 0 Å². The Balaban J connectivity index is 2.07. The lowest BCUT2D eigenvalue weighted by Crippen LogP contribution is -2.36. The maximum atomic E-state index is 12.6. The van der Waals surface area contributed by atoms with Crippen LogP contribution in [0.2, 0.25) is 0 Å². The minimum atomic E-state index is -0.882. The number of rotatable bonds is 2. The van der Waals surface area contributed by atoms with Gasteiger partial charge in [0.05, 0.1) is 0 Å². The van der Waals surface area contributed by atoms with Crippen LogP contribution in [0.5, 0.6) is 0 Å². The Morgan fingerprint density at radius 2 is 2.00 bits per heavy atom. The molecule has 2 rings (SSSR count). The van der Waals surface area contributed by atoms with Gasteiger partial charge in [-0.2, -0.15) is 0 Å². The molecule has 1 aliphatic rings. The van der Waals surface area contributed by atoms with Crippen molar-refractivity contribution in [3.05, 3.63) is 35.6 Å². The summed E-state index contributed by atoms with van der Waals surface area (Å²) in [6.45, 7) is 0. The number of hydrogen-bond donors (Lipinski definition) is 3. The molecule has 1 fully saturated rings. The zero-order valence-electron chi connectivity index (χ0n) is 7.90. The van der Waals surface area contributed by atoms with Crippen LogP contribution in [0.4, 0.5) is 4.39 Å². The molecule has 1 aliphatic heterocycles. The topological polar surface area (TPSA) is 61.4 Å². The SMILES string of the molecule is O=C(O)C1CC(c2ccc(F)cc2)NN1. The molecule has 1 aromatic carbocycles. The van der Waals surface area contributed by atoms with Gasteiger partial charge in [-0.1, -0.05) is 12.1 Å². The number of hydrogen-bond acceptors (Lipinski definition) is 3. The van der Waals surface area contributed by atoms with Crippen molar-refractivity contribution in [2.45, 2.75) is 18.5 Å². The third-order valence-electron chi connectivity index (χ3n) is 2.47. The highest BCUT2D eigenvalue weighted by Crippen LogP contribution is 2.22. The van der Waals surface area contributed by atoms with E-state index in [4.69, 9.17) is 5.11 Å². The molecule has 2 atom stereocenters. The molecule has 0 bridgehead atoms. The van der Waals surface area contributed by atoms with Crippen molar-refractivity contribution in [2.24, 2.45) is 0 Å². The number of carboxylic acids is 1. The average molecular weight is 210 g/mol. The van der Waals surface area contributed by atoms with Crippen LogP contribution in [0.15, 0.2) is 24.3 Å². The molecule has 2 unspecified atom stereocenters. The molecule has 15 heavy (non-hydrogen) atoms. The lowest BCUT2D eigenvalue weighted by molar-refractivity contribution is -0.139. The van der Waals surface area contributed by atoms with Gasteiger partial charge >= 0.3 is 5.97 Å². The summed E-state index contributed by atoms with van der Waals surface area (Å²) < 4.78 is 12.6. The molecular formula is C10H11FN2O2. The molecular weight excluding hydrogens is 199 g/mol. The van der Waals surface area contributed by atoms with Crippen molar-refractivity contribution in [1.29, 1.82) is 0 Å². The Morgan fingerprint density at radius 1 is 1.33 bits per heavy atom. The fraction of sp³-hybridized carbons (Fsp3) is 0.300. The summed E-state index contributed by atoms with van der Waals surface area (Å²) in [5.74, 6) is -1.17. The Labute approximate surface area is 86.1 Å². The first-order valence-electron chi connectivity index (χ1n) is 4.66. The second kappa shape index (κ2) is 3.96. The highest BCUT2D eigenvalue weighted by Gasteiger charge is 2.29. The van der Waals surface area contributed by atoms with Crippen molar-refractivity contribution < 1.29 is 14.3 Å². The van der Waals surface area contributed by atoms with Gasteiger partial charge in [-0.25, -0.2) is 15.2 Å². The predicted octanol–water partition coefficient (Wildman–Crippen LogP) is 0.818. The van der Waals surface area contributed by atoms with E-state index in [1.165, 1.54) is 12.1 Å². The number of halogens is 1. The maximum Gasteiger partial charge on any atom is 0.322 e. The highest BCUT2D eigenvalue weighted by atomic mass is 19.1. The second-order valence-corrected chi connectivity index (χ2v) is 3.52. The van der Waals surface area contributed by atoms with Crippen LogP contribution in [-0.2, 0) is 4.79 Å². The summed E-state index contributed by atoms with van der Waals surface area (Å²) in [4.78, 5) is 10.7. The highest BCUT2D eigenvalue weighted by molar-refractivity contribution is 5.73. The van der Waals surface area contributed by atoms with Gasteiger partial charge in [-0.3, -0.25) is 4.79 Å². The van der Waals surface area contributed by atoms with Crippen molar-refractivity contribution in [1.82, 2.24) is 10.9 Å². The minimum Gasteiger partial charge on any atom is -0.480 e. The molecule has 0 aromatic heterocycles. The van der Waals surface area contributed by atoms with Gasteiger partial charge in [0.15, 0.2) is 0 Å². The molecule has 0 saturated carbocycles. The molecule has 0 aliphatic carbocycles. The summed E-state index contributed by atoms with van der Waals surface area (Å²) >= 11 is 0. The van der Waals surface area contributed by atoms with Crippen molar-refractivity contribution in [3.8, 4) is 0 Å². The molecule has 0 amide bonds. The molecule has 4 nitrogen and oxygen atoms in total. The van der Waals surface area contributed by atoms with Crippen molar-refractivity contribution in [2.75, 3.05) is 0 Å². The van der Waals surface area contributed by atoms with Crippen LogP contribution in [0.3, 0.4) is 0 Å². The Kier molecular flexibility index (Phi) is 2.66. The first-order valence-corrected chi connectivity index (χ1v) is 4.66. The quantitative estimate of drug-likeness (QED) is 0.676. The molecule has 1 saturated heterocycles. The average Bonchev–Trinajstić information content (AvgIpc) is 2.68. The van der Waals surface area contributed by atoms with Gasteiger partial charge in [0, 0.05) is 6.04 Å². The zero-order chi connectivity index (χ0) is 10.8. The van der Waals surface area contributed by atoms with Gasteiger partial charge in [0.1, 0.15) is 11.9 Å². The minimum absolute atomic E-state index is 0.0771. The van der Waals surface area contributed by atoms with E-state index in [1.54, 1.807) is 12.1 Å². The summed E-state index contributed by atoms with van der Waals surface area (Å²) in [7, 11) is 0. The number of benzene rings is 1. The third kappa shape index (κ3) is 2.14. The van der Waals surface area contributed by atoms with Crippen LogP contribution in [0.25, 0.3) is 0 Å². The third-order valence-corrected chi connectivity index (χ3v) is 2.47. The van der Waals surface area contributed by atoms with Crippen LogP contribution >= 0.6 is 0 Å². The van der Waals surface area contributed by atoms with Gasteiger partial charge in [0.2, 0.25) is 0 Å². The van der Waals surface area contributed by atoms with E-state index >= 15 is 0 Å². The summed E-state index contributed by atoms with van der Waals surface area (Å²) in [6, 6.07) is 5.38. The van der Waals surface area contributed by atoms with Crippen LogP contribution < -0.4 is 10.9 Å². The summed E-state index contributed by atoms with van der Waals surface area (Å²) in [6.07, 6.45) is 0.459. The fourth-order valence-corrected chi connectivity index (χ4v) is 1.63. The van der Waals surface area contributed by atoms with E-state index in [-0.39, 0.29) is 11.9 Å². The number of nitrogens with one attached hydrogen (secondary N) is 2. The van der Waals surface area contributed by atoms with Crippen LogP contribution in [0.1, 0.15) is 18.0 Å². The molecule has 1 aromatic rings. The first kappa shape index (κ1) is 10.1. The zero-order valence-corrected chi connectivity index (χ0v) is 7.90. The number of carbonyl (C=O) groups is 1. The molecule has 3 N–H and O–H groups in total. The lowest BCUT2D eigenvalue weighted by atomic mass is 10.0.